The number of piperidine rings is 1. The molecule has 4 heteroatoms. The largest absolute Gasteiger partial charge is 0.379 e. The van der Waals surface area contributed by atoms with Crippen molar-refractivity contribution in [2.75, 3.05) is 52.5 Å². The smallest absolute Gasteiger partial charge is 0.0594 e. The van der Waals surface area contributed by atoms with Crippen molar-refractivity contribution in [3.63, 3.8) is 0 Å². The lowest BCUT2D eigenvalue weighted by Gasteiger charge is -2.33. The first-order valence-corrected chi connectivity index (χ1v) is 8.09. The van der Waals surface area contributed by atoms with E-state index in [9.17, 15) is 0 Å². The molecule has 0 bridgehead atoms. The molecule has 3 unspecified atom stereocenters. The van der Waals surface area contributed by atoms with E-state index < -0.39 is 0 Å². The van der Waals surface area contributed by atoms with Crippen LogP contribution in [-0.2, 0) is 4.74 Å². The standard InChI is InChI=1S/C15H29N3O/c1-13-2-4-16-14(10-13)11-17-5-3-15(12-17)18-6-8-19-9-7-18/h13-16H,2-12H2,1H3. The Hall–Kier alpha value is -0.160. The maximum absolute atomic E-state index is 5.45. The maximum Gasteiger partial charge on any atom is 0.0594 e. The first kappa shape index (κ1) is 13.8. The van der Waals surface area contributed by atoms with E-state index in [2.05, 4.69) is 22.0 Å². The van der Waals surface area contributed by atoms with Crippen molar-refractivity contribution < 1.29 is 4.74 Å². The molecule has 110 valence electrons. The monoisotopic (exact) mass is 267 g/mol. The van der Waals surface area contributed by atoms with Crippen molar-refractivity contribution in [2.45, 2.75) is 38.3 Å². The SMILES string of the molecule is CC1CCNC(CN2CCC(N3CCOCC3)C2)C1. The van der Waals surface area contributed by atoms with Crippen LogP contribution >= 0.6 is 0 Å². The quantitative estimate of drug-likeness (QED) is 0.818. The number of nitrogens with one attached hydrogen (secondary N) is 1. The number of nitrogens with zero attached hydrogens (tertiary/aromatic N) is 2. The van der Waals surface area contributed by atoms with Gasteiger partial charge in [-0.1, -0.05) is 6.92 Å². The second-order valence-electron chi connectivity index (χ2n) is 6.63. The highest BCUT2D eigenvalue weighted by Crippen LogP contribution is 2.20. The summed E-state index contributed by atoms with van der Waals surface area (Å²) in [7, 11) is 0. The van der Waals surface area contributed by atoms with E-state index in [4.69, 9.17) is 4.74 Å². The summed E-state index contributed by atoms with van der Waals surface area (Å²) >= 11 is 0. The molecule has 19 heavy (non-hydrogen) atoms. The molecule has 0 aromatic heterocycles. The van der Waals surface area contributed by atoms with Crippen LogP contribution in [0, 0.1) is 5.92 Å². The number of rotatable bonds is 3. The summed E-state index contributed by atoms with van der Waals surface area (Å²) < 4.78 is 5.45. The van der Waals surface area contributed by atoms with Crippen molar-refractivity contribution in [1.82, 2.24) is 15.1 Å². The molecule has 4 nitrogen and oxygen atoms in total. The van der Waals surface area contributed by atoms with Gasteiger partial charge in [0.2, 0.25) is 0 Å². The zero-order chi connectivity index (χ0) is 13.1. The summed E-state index contributed by atoms with van der Waals surface area (Å²) in [5, 5.41) is 3.70. The molecule has 0 radical (unpaired) electrons. The van der Waals surface area contributed by atoms with Crippen LogP contribution in [0.4, 0.5) is 0 Å². The molecule has 3 fully saturated rings. The van der Waals surface area contributed by atoms with E-state index in [0.29, 0.717) is 0 Å². The lowest BCUT2D eigenvalue weighted by atomic mass is 9.94. The van der Waals surface area contributed by atoms with Gasteiger partial charge < -0.3 is 15.0 Å². The van der Waals surface area contributed by atoms with E-state index in [1.54, 1.807) is 0 Å². The predicted molar refractivity (Wildman–Crippen MR) is 77.4 cm³/mol. The van der Waals surface area contributed by atoms with Gasteiger partial charge in [0, 0.05) is 38.3 Å². The number of likely N-dealkylation sites (tertiary alicyclic amines) is 1. The molecule has 0 spiro atoms. The summed E-state index contributed by atoms with van der Waals surface area (Å²) in [5.41, 5.74) is 0. The van der Waals surface area contributed by atoms with Crippen molar-refractivity contribution in [1.29, 1.82) is 0 Å². The van der Waals surface area contributed by atoms with E-state index in [-0.39, 0.29) is 0 Å². The second kappa shape index (κ2) is 6.53. The van der Waals surface area contributed by atoms with Gasteiger partial charge >= 0.3 is 0 Å². The summed E-state index contributed by atoms with van der Waals surface area (Å²) in [4.78, 5) is 5.32. The van der Waals surface area contributed by atoms with Crippen LogP contribution < -0.4 is 5.32 Å². The van der Waals surface area contributed by atoms with Crippen LogP contribution in [0.2, 0.25) is 0 Å². The number of hydrogen-bond donors (Lipinski definition) is 1. The molecule has 0 amide bonds. The van der Waals surface area contributed by atoms with E-state index in [0.717, 1.165) is 44.3 Å². The zero-order valence-electron chi connectivity index (χ0n) is 12.3. The number of ether oxygens (including phenoxy) is 1. The molecule has 3 atom stereocenters. The normalized spacial score (nSPS) is 38.7. The first-order valence-electron chi connectivity index (χ1n) is 8.09. The third kappa shape index (κ3) is 3.69. The number of hydrogen-bond acceptors (Lipinski definition) is 4. The Labute approximate surface area is 117 Å². The Balaban J connectivity index is 1.43. The minimum atomic E-state index is 0.729. The van der Waals surface area contributed by atoms with Gasteiger partial charge in [-0.2, -0.15) is 0 Å². The maximum atomic E-state index is 5.45. The highest BCUT2D eigenvalue weighted by Gasteiger charge is 2.30. The molecule has 0 aromatic carbocycles. The Morgan fingerprint density at radius 2 is 2.00 bits per heavy atom. The van der Waals surface area contributed by atoms with Gasteiger partial charge in [0.15, 0.2) is 0 Å². The average Bonchev–Trinajstić information content (AvgIpc) is 2.88. The lowest BCUT2D eigenvalue weighted by molar-refractivity contribution is 0.0182. The third-order valence-corrected chi connectivity index (χ3v) is 5.05. The number of morpholine rings is 1. The fourth-order valence-electron chi connectivity index (χ4n) is 3.89. The van der Waals surface area contributed by atoms with Crippen molar-refractivity contribution in [2.24, 2.45) is 5.92 Å². The molecule has 0 aliphatic carbocycles. The molecule has 0 saturated carbocycles. The Kier molecular flexibility index (Phi) is 4.74. The van der Waals surface area contributed by atoms with Crippen LogP contribution in [0.5, 0.6) is 0 Å². The summed E-state index contributed by atoms with van der Waals surface area (Å²) in [6.07, 6.45) is 4.06. The molecular weight excluding hydrogens is 238 g/mol. The van der Waals surface area contributed by atoms with Crippen LogP contribution in [0.25, 0.3) is 0 Å². The zero-order valence-corrected chi connectivity index (χ0v) is 12.3. The van der Waals surface area contributed by atoms with Crippen LogP contribution in [0.1, 0.15) is 26.2 Å². The fraction of sp³-hybridized carbons (Fsp3) is 1.00. The van der Waals surface area contributed by atoms with Crippen LogP contribution in [0.15, 0.2) is 0 Å². The topological polar surface area (TPSA) is 27.7 Å². The van der Waals surface area contributed by atoms with Gasteiger partial charge in [0.1, 0.15) is 0 Å². The molecule has 3 saturated heterocycles. The highest BCUT2D eigenvalue weighted by molar-refractivity contribution is 4.87. The Bertz CT molecular complexity index is 281. The molecule has 3 heterocycles. The predicted octanol–water partition coefficient (Wildman–Crippen LogP) is 0.781. The van der Waals surface area contributed by atoms with Gasteiger partial charge in [-0.25, -0.2) is 0 Å². The van der Waals surface area contributed by atoms with Gasteiger partial charge in [0.05, 0.1) is 13.2 Å². The van der Waals surface area contributed by atoms with Crippen LogP contribution in [0.3, 0.4) is 0 Å². The molecule has 0 aromatic rings. The summed E-state index contributed by atoms with van der Waals surface area (Å²) in [6.45, 7) is 11.6. The lowest BCUT2D eigenvalue weighted by Crippen LogP contribution is -2.47. The van der Waals surface area contributed by atoms with E-state index >= 15 is 0 Å². The van der Waals surface area contributed by atoms with Gasteiger partial charge in [-0.05, 0) is 38.3 Å². The minimum absolute atomic E-state index is 0.729. The molecule has 3 rings (SSSR count). The van der Waals surface area contributed by atoms with Crippen molar-refractivity contribution >= 4 is 0 Å². The molecular formula is C15H29N3O. The first-order chi connectivity index (χ1) is 9.31. The highest BCUT2D eigenvalue weighted by atomic mass is 16.5. The molecule has 1 N–H and O–H groups in total. The van der Waals surface area contributed by atoms with Gasteiger partial charge in [-0.3, -0.25) is 4.90 Å². The second-order valence-corrected chi connectivity index (χ2v) is 6.63. The summed E-state index contributed by atoms with van der Waals surface area (Å²) in [6, 6.07) is 1.51. The molecule has 3 aliphatic heterocycles. The summed E-state index contributed by atoms with van der Waals surface area (Å²) in [5.74, 6) is 0.906. The van der Waals surface area contributed by atoms with E-state index in [1.807, 2.05) is 0 Å². The average molecular weight is 267 g/mol. The minimum Gasteiger partial charge on any atom is -0.379 e. The Morgan fingerprint density at radius 3 is 2.79 bits per heavy atom. The van der Waals surface area contributed by atoms with Gasteiger partial charge in [-0.15, -0.1) is 0 Å². The third-order valence-electron chi connectivity index (χ3n) is 5.05. The fourth-order valence-corrected chi connectivity index (χ4v) is 3.89. The van der Waals surface area contributed by atoms with Crippen molar-refractivity contribution in [3.05, 3.63) is 0 Å². The molecule has 3 aliphatic rings. The van der Waals surface area contributed by atoms with E-state index in [1.165, 1.54) is 45.4 Å². The van der Waals surface area contributed by atoms with Crippen LogP contribution in [-0.4, -0.2) is 74.4 Å². The Morgan fingerprint density at radius 1 is 1.16 bits per heavy atom. The van der Waals surface area contributed by atoms with Gasteiger partial charge in [0.25, 0.3) is 0 Å². The van der Waals surface area contributed by atoms with Crippen molar-refractivity contribution in [3.8, 4) is 0 Å².